The first-order valence-electron chi connectivity index (χ1n) is 4.11. The normalized spacial score (nSPS) is 11.9. The lowest BCUT2D eigenvalue weighted by Gasteiger charge is -2.05. The largest absolute Gasteiger partial charge is 0.464 e. The summed E-state index contributed by atoms with van der Waals surface area (Å²) < 4.78 is 4.51. The van der Waals surface area contributed by atoms with Gasteiger partial charge in [0.2, 0.25) is 0 Å². The Morgan fingerprint density at radius 2 is 2.43 bits per heavy atom. The fourth-order valence-electron chi connectivity index (χ4n) is 0.964. The lowest BCUT2D eigenvalue weighted by Crippen LogP contribution is -2.09. The van der Waals surface area contributed by atoms with Crippen LogP contribution in [-0.2, 0) is 4.74 Å². The minimum Gasteiger partial charge on any atom is -0.464 e. The second-order valence-corrected chi connectivity index (χ2v) is 2.73. The van der Waals surface area contributed by atoms with E-state index in [0.717, 1.165) is 5.56 Å². The maximum Gasteiger partial charge on any atom is 0.356 e. The number of nitrogens with two attached hydrogens (primary N) is 1. The topological polar surface area (TPSA) is 65.2 Å². The number of methoxy groups -OCH3 is 1. The van der Waals surface area contributed by atoms with Gasteiger partial charge in [0.25, 0.3) is 0 Å². The van der Waals surface area contributed by atoms with Gasteiger partial charge in [-0.15, -0.1) is 6.58 Å². The molecule has 1 aromatic heterocycles. The molecule has 4 nitrogen and oxygen atoms in total. The first-order chi connectivity index (χ1) is 6.69. The fourth-order valence-corrected chi connectivity index (χ4v) is 0.964. The quantitative estimate of drug-likeness (QED) is 0.574. The van der Waals surface area contributed by atoms with Crippen LogP contribution in [0.2, 0.25) is 0 Å². The van der Waals surface area contributed by atoms with E-state index in [0.29, 0.717) is 0 Å². The van der Waals surface area contributed by atoms with E-state index in [1.165, 1.54) is 7.11 Å². The van der Waals surface area contributed by atoms with Gasteiger partial charge >= 0.3 is 5.97 Å². The Bertz CT molecular complexity index is 332. The van der Waals surface area contributed by atoms with Gasteiger partial charge in [-0.05, 0) is 11.6 Å². The van der Waals surface area contributed by atoms with Crippen molar-refractivity contribution in [2.24, 2.45) is 5.73 Å². The first kappa shape index (κ1) is 10.4. The van der Waals surface area contributed by atoms with E-state index < -0.39 is 5.97 Å². The van der Waals surface area contributed by atoms with Crippen molar-refractivity contribution in [1.29, 1.82) is 0 Å². The van der Waals surface area contributed by atoms with Crippen molar-refractivity contribution in [3.05, 3.63) is 42.2 Å². The first-order valence-corrected chi connectivity index (χ1v) is 4.11. The number of esters is 1. The van der Waals surface area contributed by atoms with E-state index >= 15 is 0 Å². The summed E-state index contributed by atoms with van der Waals surface area (Å²) >= 11 is 0. The number of ether oxygens (including phenoxy) is 1. The summed E-state index contributed by atoms with van der Waals surface area (Å²) in [5.74, 6) is -0.455. The predicted octanol–water partition coefficient (Wildman–Crippen LogP) is 1.05. The fraction of sp³-hybridized carbons (Fsp3) is 0.200. The van der Waals surface area contributed by atoms with Gasteiger partial charge in [-0.25, -0.2) is 9.78 Å². The van der Waals surface area contributed by atoms with Gasteiger partial charge in [0.05, 0.1) is 7.11 Å². The zero-order valence-corrected chi connectivity index (χ0v) is 7.93. The third-order valence-corrected chi connectivity index (χ3v) is 1.82. The molecule has 74 valence electrons. The molecule has 0 aliphatic rings. The van der Waals surface area contributed by atoms with Crippen LogP contribution in [0, 0.1) is 0 Å². The molecule has 2 N–H and O–H groups in total. The summed E-state index contributed by atoms with van der Waals surface area (Å²) in [7, 11) is 1.31. The predicted molar refractivity (Wildman–Crippen MR) is 52.7 cm³/mol. The smallest absolute Gasteiger partial charge is 0.356 e. The molecule has 0 aliphatic carbocycles. The Kier molecular flexibility index (Phi) is 3.36. The van der Waals surface area contributed by atoms with E-state index in [-0.39, 0.29) is 11.7 Å². The summed E-state index contributed by atoms with van der Waals surface area (Å²) in [5.41, 5.74) is 6.76. The standard InChI is InChI=1S/C10H12N2O2/c1-3-8(11)7-4-5-9(12-6-7)10(13)14-2/h3-6,8H,1,11H2,2H3. The minimum atomic E-state index is -0.455. The average Bonchev–Trinajstić information content (AvgIpc) is 2.27. The molecule has 0 fully saturated rings. The molecule has 4 heteroatoms. The number of carbonyl (C=O) groups is 1. The number of carbonyl (C=O) groups excluding carboxylic acids is 1. The van der Waals surface area contributed by atoms with Gasteiger partial charge in [-0.1, -0.05) is 12.1 Å². The molecule has 0 saturated heterocycles. The van der Waals surface area contributed by atoms with Crippen LogP contribution in [0.25, 0.3) is 0 Å². The molecule has 0 bridgehead atoms. The monoisotopic (exact) mass is 192 g/mol. The third-order valence-electron chi connectivity index (χ3n) is 1.82. The minimum absolute atomic E-state index is 0.255. The highest BCUT2D eigenvalue weighted by Gasteiger charge is 2.07. The van der Waals surface area contributed by atoms with Gasteiger partial charge in [0.1, 0.15) is 5.69 Å². The molecule has 0 spiro atoms. The molecule has 1 unspecified atom stereocenters. The molecule has 1 atom stereocenters. The molecule has 1 aromatic rings. The van der Waals surface area contributed by atoms with Crippen molar-refractivity contribution in [3.8, 4) is 0 Å². The Hall–Kier alpha value is -1.68. The van der Waals surface area contributed by atoms with Gasteiger partial charge in [-0.3, -0.25) is 0 Å². The number of hydrogen-bond acceptors (Lipinski definition) is 4. The van der Waals surface area contributed by atoms with Crippen LogP contribution in [0.15, 0.2) is 31.0 Å². The molecular formula is C10H12N2O2. The van der Waals surface area contributed by atoms with Gasteiger partial charge in [-0.2, -0.15) is 0 Å². The lowest BCUT2D eigenvalue weighted by molar-refractivity contribution is 0.0594. The summed E-state index contributed by atoms with van der Waals surface area (Å²) in [4.78, 5) is 14.9. The van der Waals surface area contributed by atoms with Crippen molar-refractivity contribution >= 4 is 5.97 Å². The number of hydrogen-bond donors (Lipinski definition) is 1. The molecule has 0 aliphatic heterocycles. The number of aromatic nitrogens is 1. The summed E-state index contributed by atoms with van der Waals surface area (Å²) in [6, 6.07) is 3.05. The highest BCUT2D eigenvalue weighted by atomic mass is 16.5. The highest BCUT2D eigenvalue weighted by molar-refractivity contribution is 5.86. The van der Waals surface area contributed by atoms with Crippen molar-refractivity contribution in [2.45, 2.75) is 6.04 Å². The number of nitrogens with zero attached hydrogens (tertiary/aromatic N) is 1. The highest BCUT2D eigenvalue weighted by Crippen LogP contribution is 2.10. The summed E-state index contributed by atoms with van der Waals surface area (Å²) in [6.45, 7) is 3.57. The summed E-state index contributed by atoms with van der Waals surface area (Å²) in [5, 5.41) is 0. The van der Waals surface area contributed by atoms with Crippen molar-refractivity contribution in [2.75, 3.05) is 7.11 Å². The molecular weight excluding hydrogens is 180 g/mol. The maximum absolute atomic E-state index is 11.0. The van der Waals surface area contributed by atoms with E-state index in [2.05, 4.69) is 16.3 Å². The summed E-state index contributed by atoms with van der Waals surface area (Å²) in [6.07, 6.45) is 3.15. The van der Waals surface area contributed by atoms with E-state index in [4.69, 9.17) is 5.73 Å². The van der Waals surface area contributed by atoms with Crippen LogP contribution in [0.1, 0.15) is 22.1 Å². The molecule has 0 aromatic carbocycles. The number of rotatable bonds is 3. The van der Waals surface area contributed by atoms with Crippen molar-refractivity contribution in [3.63, 3.8) is 0 Å². The van der Waals surface area contributed by atoms with Gasteiger partial charge in [0, 0.05) is 12.2 Å². The molecule has 1 heterocycles. The van der Waals surface area contributed by atoms with Gasteiger partial charge in [0.15, 0.2) is 0 Å². The van der Waals surface area contributed by atoms with E-state index in [1.54, 1.807) is 24.4 Å². The second kappa shape index (κ2) is 4.53. The van der Waals surface area contributed by atoms with Crippen LogP contribution in [-0.4, -0.2) is 18.1 Å². The molecule has 0 amide bonds. The zero-order valence-electron chi connectivity index (χ0n) is 7.93. The Morgan fingerprint density at radius 3 is 2.86 bits per heavy atom. The Morgan fingerprint density at radius 1 is 1.71 bits per heavy atom. The SMILES string of the molecule is C=CC(N)c1ccc(C(=O)OC)nc1. The third kappa shape index (κ3) is 2.17. The molecule has 0 radical (unpaired) electrons. The average molecular weight is 192 g/mol. The van der Waals surface area contributed by atoms with E-state index in [1.807, 2.05) is 0 Å². The zero-order chi connectivity index (χ0) is 10.6. The van der Waals surface area contributed by atoms with Crippen molar-refractivity contribution in [1.82, 2.24) is 4.98 Å². The van der Waals surface area contributed by atoms with E-state index in [9.17, 15) is 4.79 Å². The maximum atomic E-state index is 11.0. The van der Waals surface area contributed by atoms with Crippen molar-refractivity contribution < 1.29 is 9.53 Å². The Balaban J connectivity index is 2.88. The van der Waals surface area contributed by atoms with Gasteiger partial charge < -0.3 is 10.5 Å². The van der Waals surface area contributed by atoms with Crippen LogP contribution in [0.4, 0.5) is 0 Å². The van der Waals surface area contributed by atoms with Crippen LogP contribution < -0.4 is 5.73 Å². The van der Waals surface area contributed by atoms with Crippen LogP contribution >= 0.6 is 0 Å². The molecule has 14 heavy (non-hydrogen) atoms. The second-order valence-electron chi connectivity index (χ2n) is 2.73. The number of pyridine rings is 1. The Labute approximate surface area is 82.4 Å². The molecule has 0 saturated carbocycles. The lowest BCUT2D eigenvalue weighted by atomic mass is 10.1. The van der Waals surface area contributed by atoms with Crippen LogP contribution in [0.3, 0.4) is 0 Å². The van der Waals surface area contributed by atoms with Crippen LogP contribution in [0.5, 0.6) is 0 Å². The molecule has 1 rings (SSSR count).